The van der Waals surface area contributed by atoms with Crippen LogP contribution in [0.3, 0.4) is 0 Å². The number of nitrogens with one attached hydrogen (secondary N) is 2. The third-order valence-electron chi connectivity index (χ3n) is 4.55. The number of guanidine groups is 1. The van der Waals surface area contributed by atoms with Crippen molar-refractivity contribution in [1.29, 1.82) is 0 Å². The van der Waals surface area contributed by atoms with Crippen molar-refractivity contribution < 1.29 is 5.11 Å². The van der Waals surface area contributed by atoms with Gasteiger partial charge in [0.1, 0.15) is 0 Å². The number of hydrogen-bond donors (Lipinski definition) is 3. The van der Waals surface area contributed by atoms with Crippen molar-refractivity contribution in [1.82, 2.24) is 20.4 Å². The fourth-order valence-electron chi connectivity index (χ4n) is 2.87. The molecule has 2 rings (SSSR count). The molecule has 0 saturated heterocycles. The Bertz CT molecular complexity index is 743. The molecule has 0 spiro atoms. The Morgan fingerprint density at radius 2 is 1.93 bits per heavy atom. The minimum atomic E-state index is -0.614. The van der Waals surface area contributed by atoms with Gasteiger partial charge in [-0.3, -0.25) is 9.67 Å². The first-order valence-electron chi connectivity index (χ1n) is 10.1. The molecule has 1 heterocycles. The topological polar surface area (TPSA) is 74.5 Å². The summed E-state index contributed by atoms with van der Waals surface area (Å²) in [6.45, 7) is 13.4. The summed E-state index contributed by atoms with van der Waals surface area (Å²) < 4.78 is 1.95. The first-order valence-corrected chi connectivity index (χ1v) is 10.1. The number of aliphatic hydroxyl groups is 1. The van der Waals surface area contributed by atoms with Crippen LogP contribution in [0.2, 0.25) is 0 Å². The molecule has 28 heavy (non-hydrogen) atoms. The SMILES string of the molecule is CCNC(=NCC(O)c1ccc(C(C)(C)C)cc1)NCCCn1cc(C)cn1. The molecule has 0 amide bonds. The van der Waals surface area contributed by atoms with Gasteiger partial charge in [0.2, 0.25) is 0 Å². The highest BCUT2D eigenvalue weighted by Crippen LogP contribution is 2.24. The average molecular weight is 386 g/mol. The lowest BCUT2D eigenvalue weighted by Crippen LogP contribution is -2.38. The van der Waals surface area contributed by atoms with Crippen LogP contribution in [0, 0.1) is 6.92 Å². The minimum Gasteiger partial charge on any atom is -0.386 e. The molecule has 0 bridgehead atoms. The van der Waals surface area contributed by atoms with Gasteiger partial charge in [-0.05, 0) is 42.4 Å². The number of aromatic nitrogens is 2. The second-order valence-electron chi connectivity index (χ2n) is 8.17. The molecule has 0 radical (unpaired) electrons. The maximum atomic E-state index is 10.5. The van der Waals surface area contributed by atoms with Crippen LogP contribution in [-0.4, -0.2) is 40.5 Å². The van der Waals surface area contributed by atoms with Crippen molar-refractivity contribution in [3.05, 3.63) is 53.3 Å². The van der Waals surface area contributed by atoms with Crippen LogP contribution in [-0.2, 0) is 12.0 Å². The van der Waals surface area contributed by atoms with Crippen molar-refractivity contribution in [2.75, 3.05) is 19.6 Å². The molecular formula is C22H35N5O. The van der Waals surface area contributed by atoms with E-state index in [1.165, 1.54) is 11.1 Å². The fourth-order valence-corrected chi connectivity index (χ4v) is 2.87. The average Bonchev–Trinajstić information content (AvgIpc) is 3.07. The van der Waals surface area contributed by atoms with Crippen molar-refractivity contribution in [3.8, 4) is 0 Å². The van der Waals surface area contributed by atoms with Crippen LogP contribution >= 0.6 is 0 Å². The number of aryl methyl sites for hydroxylation is 2. The molecule has 0 aliphatic rings. The monoisotopic (exact) mass is 385 g/mol. The molecule has 1 aromatic heterocycles. The Labute approximate surface area is 169 Å². The maximum absolute atomic E-state index is 10.5. The summed E-state index contributed by atoms with van der Waals surface area (Å²) in [5.74, 6) is 0.726. The van der Waals surface area contributed by atoms with Gasteiger partial charge in [-0.2, -0.15) is 5.10 Å². The largest absolute Gasteiger partial charge is 0.386 e. The molecule has 1 aromatic carbocycles. The molecule has 1 atom stereocenters. The maximum Gasteiger partial charge on any atom is 0.191 e. The van der Waals surface area contributed by atoms with Crippen LogP contribution in [0.5, 0.6) is 0 Å². The fraction of sp³-hybridized carbons (Fsp3) is 0.545. The minimum absolute atomic E-state index is 0.110. The third-order valence-corrected chi connectivity index (χ3v) is 4.55. The quantitative estimate of drug-likeness (QED) is 0.371. The smallest absolute Gasteiger partial charge is 0.191 e. The van der Waals surface area contributed by atoms with Gasteiger partial charge in [-0.25, -0.2) is 0 Å². The molecular weight excluding hydrogens is 350 g/mol. The first-order chi connectivity index (χ1) is 13.3. The van der Waals surface area contributed by atoms with Gasteiger partial charge in [-0.15, -0.1) is 0 Å². The number of hydrogen-bond acceptors (Lipinski definition) is 3. The summed E-state index contributed by atoms with van der Waals surface area (Å²) in [5.41, 5.74) is 3.43. The van der Waals surface area contributed by atoms with E-state index in [0.717, 1.165) is 37.6 Å². The number of rotatable bonds is 8. The highest BCUT2D eigenvalue weighted by atomic mass is 16.3. The van der Waals surface area contributed by atoms with Gasteiger partial charge in [-0.1, -0.05) is 45.0 Å². The van der Waals surface area contributed by atoms with Gasteiger partial charge < -0.3 is 15.7 Å². The number of nitrogens with zero attached hydrogens (tertiary/aromatic N) is 3. The van der Waals surface area contributed by atoms with Gasteiger partial charge in [0, 0.05) is 25.8 Å². The second kappa shape index (κ2) is 10.3. The van der Waals surface area contributed by atoms with E-state index in [0.29, 0.717) is 6.54 Å². The molecule has 2 aromatic rings. The highest BCUT2D eigenvalue weighted by molar-refractivity contribution is 5.79. The molecule has 0 aliphatic heterocycles. The van der Waals surface area contributed by atoms with Gasteiger partial charge in [0.15, 0.2) is 5.96 Å². The zero-order valence-electron chi connectivity index (χ0n) is 17.9. The Morgan fingerprint density at radius 1 is 1.21 bits per heavy atom. The third kappa shape index (κ3) is 7.00. The summed E-state index contributed by atoms with van der Waals surface area (Å²) in [6.07, 6.45) is 4.24. The van der Waals surface area contributed by atoms with E-state index in [-0.39, 0.29) is 5.41 Å². The van der Waals surface area contributed by atoms with Gasteiger partial charge >= 0.3 is 0 Å². The van der Waals surface area contributed by atoms with Crippen molar-refractivity contribution in [2.45, 2.75) is 59.1 Å². The van der Waals surface area contributed by atoms with E-state index in [9.17, 15) is 5.11 Å². The Balaban J connectivity index is 1.84. The number of benzene rings is 1. The van der Waals surface area contributed by atoms with E-state index < -0.39 is 6.10 Å². The molecule has 1 unspecified atom stereocenters. The summed E-state index contributed by atoms with van der Waals surface area (Å²) in [7, 11) is 0. The zero-order chi connectivity index (χ0) is 20.6. The van der Waals surface area contributed by atoms with Crippen molar-refractivity contribution in [2.24, 2.45) is 4.99 Å². The van der Waals surface area contributed by atoms with Crippen LogP contribution in [0.25, 0.3) is 0 Å². The summed E-state index contributed by atoms with van der Waals surface area (Å²) in [5, 5.41) is 21.3. The molecule has 0 aliphatic carbocycles. The summed E-state index contributed by atoms with van der Waals surface area (Å²) >= 11 is 0. The Kier molecular flexibility index (Phi) is 8.05. The van der Waals surface area contributed by atoms with Crippen molar-refractivity contribution in [3.63, 3.8) is 0 Å². The summed E-state index contributed by atoms with van der Waals surface area (Å²) in [6, 6.07) is 8.16. The van der Waals surface area contributed by atoms with E-state index in [1.807, 2.05) is 43.1 Å². The molecule has 6 nitrogen and oxygen atoms in total. The first kappa shape index (κ1) is 22.0. The highest BCUT2D eigenvalue weighted by Gasteiger charge is 2.14. The van der Waals surface area contributed by atoms with Gasteiger partial charge in [0.05, 0.1) is 18.8 Å². The van der Waals surface area contributed by atoms with Crippen molar-refractivity contribution >= 4 is 5.96 Å². The molecule has 6 heteroatoms. The van der Waals surface area contributed by atoms with E-state index >= 15 is 0 Å². The molecule has 0 fully saturated rings. The molecule has 154 valence electrons. The normalized spacial score (nSPS) is 13.4. The lowest BCUT2D eigenvalue weighted by atomic mass is 9.86. The predicted molar refractivity (Wildman–Crippen MR) is 116 cm³/mol. The Hall–Kier alpha value is -2.34. The van der Waals surface area contributed by atoms with E-state index in [2.05, 4.69) is 53.6 Å². The number of aliphatic hydroxyl groups excluding tert-OH is 1. The zero-order valence-corrected chi connectivity index (χ0v) is 17.9. The lowest BCUT2D eigenvalue weighted by Gasteiger charge is -2.20. The number of aliphatic imine (C=N–C) groups is 1. The second-order valence-corrected chi connectivity index (χ2v) is 8.17. The van der Waals surface area contributed by atoms with Gasteiger partial charge in [0.25, 0.3) is 0 Å². The van der Waals surface area contributed by atoms with E-state index in [1.54, 1.807) is 0 Å². The summed E-state index contributed by atoms with van der Waals surface area (Å²) in [4.78, 5) is 4.53. The molecule has 0 saturated carbocycles. The van der Waals surface area contributed by atoms with Crippen LogP contribution < -0.4 is 10.6 Å². The van der Waals surface area contributed by atoms with Crippen LogP contribution in [0.4, 0.5) is 0 Å². The van der Waals surface area contributed by atoms with Crippen LogP contribution in [0.1, 0.15) is 56.9 Å². The predicted octanol–water partition coefficient (Wildman–Crippen LogP) is 3.17. The molecule has 3 N–H and O–H groups in total. The standard InChI is InChI=1S/C22H35N5O/c1-6-23-21(24-12-7-13-27-16-17(2)14-26-27)25-15-20(28)18-8-10-19(11-9-18)22(3,4)5/h8-11,14,16,20,28H,6-7,12-13,15H2,1-5H3,(H2,23,24,25). The van der Waals surface area contributed by atoms with Crippen LogP contribution in [0.15, 0.2) is 41.7 Å². The van der Waals surface area contributed by atoms with E-state index in [4.69, 9.17) is 0 Å². The lowest BCUT2D eigenvalue weighted by molar-refractivity contribution is 0.187. The Morgan fingerprint density at radius 3 is 2.50 bits per heavy atom.